The molecule has 0 spiro atoms. The summed E-state index contributed by atoms with van der Waals surface area (Å²) < 4.78 is 0. The van der Waals surface area contributed by atoms with E-state index < -0.39 is 0 Å². The molecule has 0 aliphatic carbocycles. The number of Topliss-reactive ketones (excluding diaryl/α,β-unsaturated/α-hetero) is 1. The van der Waals surface area contributed by atoms with Gasteiger partial charge in [0.05, 0.1) is 18.1 Å². The monoisotopic (exact) mass is 320 g/mol. The van der Waals surface area contributed by atoms with E-state index >= 15 is 0 Å². The maximum Gasteiger partial charge on any atom is 0.170 e. The molecule has 0 aliphatic rings. The van der Waals surface area contributed by atoms with E-state index in [2.05, 4.69) is 0 Å². The fourth-order valence-electron chi connectivity index (χ4n) is 2.43. The molecular weight excluding hydrogens is 300 g/mol. The lowest BCUT2D eigenvalue weighted by molar-refractivity contribution is 0.102. The van der Waals surface area contributed by atoms with Gasteiger partial charge < -0.3 is 20.8 Å². The zero-order valence-electron chi connectivity index (χ0n) is 12.5. The highest BCUT2D eigenvalue weighted by Gasteiger charge is 2.17. The number of nitrogen functional groups attached to an aromatic ring is 1. The first-order valence-electron chi connectivity index (χ1n) is 7.03. The average Bonchev–Trinajstić information content (AvgIpc) is 2.96. The Morgan fingerprint density at radius 2 is 1.86 bits per heavy atom. The molecule has 0 unspecified atom stereocenters. The minimum Gasteiger partial charge on any atom is -0.399 e. The van der Waals surface area contributed by atoms with Crippen LogP contribution in [0.5, 0.6) is 0 Å². The molecule has 0 bridgehead atoms. The highest BCUT2D eigenvalue weighted by molar-refractivity contribution is 7.12. The van der Waals surface area contributed by atoms with E-state index in [4.69, 9.17) is 5.73 Å². The maximum absolute atomic E-state index is 11.8. The van der Waals surface area contributed by atoms with Crippen molar-refractivity contribution < 1.29 is 15.0 Å². The van der Waals surface area contributed by atoms with Gasteiger partial charge in [0, 0.05) is 35.6 Å². The Morgan fingerprint density at radius 3 is 2.45 bits per heavy atom. The highest BCUT2D eigenvalue weighted by Crippen LogP contribution is 2.37. The zero-order chi connectivity index (χ0) is 16.1. The van der Waals surface area contributed by atoms with Crippen LogP contribution in [0.15, 0.2) is 29.6 Å². The predicted molar refractivity (Wildman–Crippen MR) is 90.6 cm³/mol. The van der Waals surface area contributed by atoms with Crippen LogP contribution in [-0.2, 0) is 0 Å². The molecule has 118 valence electrons. The van der Waals surface area contributed by atoms with Crippen molar-refractivity contribution in [2.45, 2.75) is 6.92 Å². The lowest BCUT2D eigenvalue weighted by Gasteiger charge is -2.26. The number of thiophene rings is 1. The fourth-order valence-corrected chi connectivity index (χ4v) is 3.24. The van der Waals surface area contributed by atoms with Crippen LogP contribution in [0.25, 0.3) is 11.1 Å². The van der Waals surface area contributed by atoms with Crippen LogP contribution < -0.4 is 10.6 Å². The van der Waals surface area contributed by atoms with Crippen LogP contribution in [0.1, 0.15) is 16.6 Å². The molecule has 2 aromatic rings. The van der Waals surface area contributed by atoms with Crippen LogP contribution in [0.4, 0.5) is 11.4 Å². The number of aliphatic hydroxyl groups is 2. The van der Waals surface area contributed by atoms with E-state index in [1.54, 1.807) is 13.0 Å². The topological polar surface area (TPSA) is 86.8 Å². The Labute approximate surface area is 133 Å². The van der Waals surface area contributed by atoms with Crippen LogP contribution >= 0.6 is 11.3 Å². The van der Waals surface area contributed by atoms with Gasteiger partial charge in [-0.25, -0.2) is 0 Å². The minimum absolute atomic E-state index is 0.00856. The van der Waals surface area contributed by atoms with E-state index in [-0.39, 0.29) is 19.0 Å². The number of benzene rings is 1. The second-order valence-corrected chi connectivity index (χ2v) is 5.85. The number of rotatable bonds is 7. The summed E-state index contributed by atoms with van der Waals surface area (Å²) in [5, 5.41) is 20.4. The summed E-state index contributed by atoms with van der Waals surface area (Å²) in [4.78, 5) is 14.4. The molecule has 2 rings (SSSR count). The lowest BCUT2D eigenvalue weighted by Crippen LogP contribution is -2.30. The summed E-state index contributed by atoms with van der Waals surface area (Å²) >= 11 is 1.40. The number of ketones is 1. The highest BCUT2D eigenvalue weighted by atomic mass is 32.1. The summed E-state index contributed by atoms with van der Waals surface area (Å²) in [6, 6.07) is 7.36. The van der Waals surface area contributed by atoms with Crippen LogP contribution in [0, 0.1) is 0 Å². The minimum atomic E-state index is -0.0208. The Hall–Kier alpha value is -1.89. The molecule has 0 radical (unpaired) electrons. The first-order valence-corrected chi connectivity index (χ1v) is 7.91. The van der Waals surface area contributed by atoms with Gasteiger partial charge in [0.15, 0.2) is 5.78 Å². The third-order valence-corrected chi connectivity index (χ3v) is 4.39. The standard InChI is InChI=1S/C16H20N2O3S/c1-11(21)16-13(4-9-22-16)14-10-12(17)2-3-15(14)18(5-7-19)6-8-20/h2-4,9-10,19-20H,5-8,17H2,1H3. The molecule has 0 saturated heterocycles. The molecule has 6 heteroatoms. The Morgan fingerprint density at radius 1 is 1.18 bits per heavy atom. The molecule has 5 nitrogen and oxygen atoms in total. The SMILES string of the molecule is CC(=O)c1sccc1-c1cc(N)ccc1N(CCO)CCO. The van der Waals surface area contributed by atoms with Gasteiger partial charge in [0.1, 0.15) is 0 Å². The van der Waals surface area contributed by atoms with Crippen molar-refractivity contribution in [1.29, 1.82) is 0 Å². The summed E-state index contributed by atoms with van der Waals surface area (Å²) in [5.74, 6) is 0.00856. The maximum atomic E-state index is 11.8. The second kappa shape index (κ2) is 7.40. The number of carbonyl (C=O) groups excluding carboxylic acids is 1. The fraction of sp³-hybridized carbons (Fsp3) is 0.312. The third-order valence-electron chi connectivity index (χ3n) is 3.38. The summed E-state index contributed by atoms with van der Waals surface area (Å²) in [6.07, 6.45) is 0. The first kappa shape index (κ1) is 16.5. The van der Waals surface area contributed by atoms with Crippen molar-refractivity contribution in [2.24, 2.45) is 0 Å². The van der Waals surface area contributed by atoms with Crippen molar-refractivity contribution in [3.63, 3.8) is 0 Å². The summed E-state index contributed by atoms with van der Waals surface area (Å²) in [7, 11) is 0. The molecule has 0 saturated carbocycles. The molecule has 1 aromatic heterocycles. The van der Waals surface area contributed by atoms with Gasteiger partial charge in [0.2, 0.25) is 0 Å². The van der Waals surface area contributed by atoms with Crippen molar-refractivity contribution in [3.8, 4) is 11.1 Å². The lowest BCUT2D eigenvalue weighted by atomic mass is 10.0. The van der Waals surface area contributed by atoms with Gasteiger partial charge in [-0.1, -0.05) is 0 Å². The molecular formula is C16H20N2O3S. The molecule has 0 atom stereocenters. The zero-order valence-corrected chi connectivity index (χ0v) is 13.3. The van der Waals surface area contributed by atoms with E-state index in [1.807, 2.05) is 28.5 Å². The molecule has 22 heavy (non-hydrogen) atoms. The largest absolute Gasteiger partial charge is 0.399 e. The molecule has 4 N–H and O–H groups in total. The van der Waals surface area contributed by atoms with Crippen molar-refractivity contribution in [1.82, 2.24) is 0 Å². The van der Waals surface area contributed by atoms with Gasteiger partial charge in [-0.15, -0.1) is 11.3 Å². The summed E-state index contributed by atoms with van der Waals surface area (Å²) in [6.45, 7) is 2.30. The van der Waals surface area contributed by atoms with Crippen molar-refractivity contribution >= 4 is 28.5 Å². The van der Waals surface area contributed by atoms with E-state index in [1.165, 1.54) is 11.3 Å². The number of hydrogen-bond acceptors (Lipinski definition) is 6. The molecule has 0 amide bonds. The smallest absolute Gasteiger partial charge is 0.170 e. The summed E-state index contributed by atoms with van der Waals surface area (Å²) in [5.41, 5.74) is 9.03. The van der Waals surface area contributed by atoms with Crippen molar-refractivity contribution in [3.05, 3.63) is 34.5 Å². The Balaban J connectivity index is 2.56. The molecule has 0 aliphatic heterocycles. The normalized spacial score (nSPS) is 10.7. The van der Waals surface area contributed by atoms with Crippen LogP contribution in [0.3, 0.4) is 0 Å². The number of nitrogens with two attached hydrogens (primary N) is 1. The average molecular weight is 320 g/mol. The molecule has 0 fully saturated rings. The number of hydrogen-bond donors (Lipinski definition) is 3. The van der Waals surface area contributed by atoms with Gasteiger partial charge >= 0.3 is 0 Å². The quantitative estimate of drug-likeness (QED) is 0.536. The van der Waals surface area contributed by atoms with E-state index in [9.17, 15) is 15.0 Å². The van der Waals surface area contributed by atoms with Gasteiger partial charge in [0.25, 0.3) is 0 Å². The van der Waals surface area contributed by atoms with Gasteiger partial charge in [-0.05, 0) is 36.6 Å². The van der Waals surface area contributed by atoms with E-state index in [0.29, 0.717) is 23.7 Å². The van der Waals surface area contributed by atoms with E-state index in [0.717, 1.165) is 16.8 Å². The van der Waals surface area contributed by atoms with Crippen LogP contribution in [0.2, 0.25) is 0 Å². The van der Waals surface area contributed by atoms with Gasteiger partial charge in [-0.3, -0.25) is 4.79 Å². The molecule has 1 aromatic carbocycles. The van der Waals surface area contributed by atoms with Crippen molar-refractivity contribution in [2.75, 3.05) is 36.9 Å². The number of anilines is 2. The number of carbonyl (C=O) groups is 1. The Bertz CT molecular complexity index is 649. The Kier molecular flexibility index (Phi) is 5.54. The third kappa shape index (κ3) is 3.47. The predicted octanol–water partition coefficient (Wildman–Crippen LogP) is 1.99. The second-order valence-electron chi connectivity index (χ2n) is 4.93. The van der Waals surface area contributed by atoms with Gasteiger partial charge in [-0.2, -0.15) is 0 Å². The first-order chi connectivity index (χ1) is 10.6. The van der Waals surface area contributed by atoms with Crippen LogP contribution in [-0.4, -0.2) is 42.3 Å². The number of aliphatic hydroxyl groups excluding tert-OH is 2. The number of nitrogens with zero attached hydrogens (tertiary/aromatic N) is 1. The molecule has 1 heterocycles.